The third-order valence-electron chi connectivity index (χ3n) is 5.23. The molecule has 6 nitrogen and oxygen atoms in total. The van der Waals surface area contributed by atoms with E-state index in [-0.39, 0.29) is 22.2 Å². The minimum atomic E-state index is -4.56. The molecule has 2 heterocycles. The number of hydrogen-bond acceptors (Lipinski definition) is 4. The smallest absolute Gasteiger partial charge is 0.360 e. The Kier molecular flexibility index (Phi) is 6.13. The molecule has 3 aromatic rings. The van der Waals surface area contributed by atoms with Crippen molar-refractivity contribution in [2.24, 2.45) is 0 Å². The van der Waals surface area contributed by atoms with Gasteiger partial charge in [0.1, 0.15) is 11.6 Å². The molecular weight excluding hydrogens is 472 g/mol. The van der Waals surface area contributed by atoms with Crippen LogP contribution in [0.1, 0.15) is 29.9 Å². The lowest BCUT2D eigenvalue weighted by molar-refractivity contribution is -0.137. The summed E-state index contributed by atoms with van der Waals surface area (Å²) in [5.74, 6) is -0.395. The first-order chi connectivity index (χ1) is 16.0. The van der Waals surface area contributed by atoms with Gasteiger partial charge in [0.05, 0.1) is 17.2 Å². The van der Waals surface area contributed by atoms with E-state index in [9.17, 15) is 22.4 Å². The summed E-state index contributed by atoms with van der Waals surface area (Å²) < 4.78 is 58.4. The average Bonchev–Trinajstić information content (AvgIpc) is 3.18. The minimum Gasteiger partial charge on any atom is -0.360 e. The highest BCUT2D eigenvalue weighted by atomic mass is 32.1. The predicted octanol–water partition coefficient (Wildman–Crippen LogP) is 5.49. The average molecular weight is 490 g/mol. The van der Waals surface area contributed by atoms with E-state index in [1.165, 1.54) is 47.4 Å². The molecule has 1 unspecified atom stereocenters. The Labute approximate surface area is 197 Å². The topological polar surface area (TPSA) is 70.4 Å². The van der Waals surface area contributed by atoms with Crippen molar-refractivity contribution in [3.63, 3.8) is 0 Å². The Morgan fingerprint density at radius 1 is 1.15 bits per heavy atom. The number of nitrogens with zero attached hydrogens (tertiary/aromatic N) is 2. The van der Waals surface area contributed by atoms with Crippen LogP contribution in [0.15, 0.2) is 70.4 Å². The van der Waals surface area contributed by atoms with Gasteiger partial charge in [0.25, 0.3) is 5.91 Å². The number of carbonyl (C=O) groups is 1. The van der Waals surface area contributed by atoms with E-state index in [0.29, 0.717) is 17.0 Å². The summed E-state index contributed by atoms with van der Waals surface area (Å²) >= 11 is 5.46. The van der Waals surface area contributed by atoms with E-state index in [1.54, 1.807) is 13.8 Å². The number of aryl methyl sites for hydroxylation is 1. The van der Waals surface area contributed by atoms with Gasteiger partial charge in [0.2, 0.25) is 0 Å². The molecule has 2 N–H and O–H groups in total. The molecule has 0 fully saturated rings. The molecule has 0 saturated carbocycles. The first-order valence-electron chi connectivity index (χ1n) is 10.0. The lowest BCUT2D eigenvalue weighted by Crippen LogP contribution is -2.48. The van der Waals surface area contributed by atoms with Crippen LogP contribution in [0, 0.1) is 12.7 Å². The van der Waals surface area contributed by atoms with Gasteiger partial charge < -0.3 is 15.2 Å². The highest BCUT2D eigenvalue weighted by molar-refractivity contribution is 7.80. The number of aromatic nitrogens is 1. The van der Waals surface area contributed by atoms with Gasteiger partial charge >= 0.3 is 6.18 Å². The van der Waals surface area contributed by atoms with Crippen molar-refractivity contribution < 1.29 is 26.9 Å². The number of allylic oxidation sites excluding steroid dienone is 1. The van der Waals surface area contributed by atoms with Crippen molar-refractivity contribution in [3.8, 4) is 0 Å². The zero-order valence-corrected chi connectivity index (χ0v) is 18.7. The number of anilines is 2. The molecule has 2 aromatic carbocycles. The van der Waals surface area contributed by atoms with Crippen molar-refractivity contribution in [2.75, 3.05) is 10.2 Å². The maximum atomic E-state index is 13.5. The summed E-state index contributed by atoms with van der Waals surface area (Å²) in [6, 6.07) is 10.8. The van der Waals surface area contributed by atoms with Gasteiger partial charge in [-0.25, -0.2) is 4.39 Å². The second-order valence-electron chi connectivity index (χ2n) is 7.59. The van der Waals surface area contributed by atoms with Gasteiger partial charge in [-0.1, -0.05) is 23.4 Å². The third kappa shape index (κ3) is 4.65. The van der Waals surface area contributed by atoms with Crippen LogP contribution in [0.4, 0.5) is 29.1 Å². The molecule has 0 bridgehead atoms. The SMILES string of the molecule is CC1=C(C(=O)Nc2cc(C)on2)C(c2ccc(F)cc2)NC(=S)N1c1cccc(C(F)(F)F)c1. The highest BCUT2D eigenvalue weighted by Gasteiger charge is 2.36. The van der Waals surface area contributed by atoms with E-state index in [1.807, 2.05) is 0 Å². The fraction of sp³-hybridized carbons (Fsp3) is 0.174. The van der Waals surface area contributed by atoms with Crippen molar-refractivity contribution in [3.05, 3.63) is 88.6 Å². The third-order valence-corrected chi connectivity index (χ3v) is 5.53. The minimum absolute atomic E-state index is 0.0833. The summed E-state index contributed by atoms with van der Waals surface area (Å²) in [4.78, 5) is 14.7. The second kappa shape index (κ2) is 8.90. The number of halogens is 4. The molecule has 4 rings (SSSR count). The van der Waals surface area contributed by atoms with E-state index < -0.39 is 29.5 Å². The van der Waals surface area contributed by atoms with Crippen molar-refractivity contribution in [2.45, 2.75) is 26.1 Å². The van der Waals surface area contributed by atoms with E-state index >= 15 is 0 Å². The van der Waals surface area contributed by atoms with Crippen molar-refractivity contribution >= 4 is 34.7 Å². The largest absolute Gasteiger partial charge is 0.416 e. The van der Waals surface area contributed by atoms with Gasteiger partial charge in [-0.3, -0.25) is 9.69 Å². The lowest BCUT2D eigenvalue weighted by Gasteiger charge is -2.38. The number of thiocarbonyl (C=S) groups is 1. The standard InChI is InChI=1S/C23H18F4N4O2S/c1-12-10-18(30-33-12)28-21(32)19-13(2)31(17-5-3-4-15(11-17)23(25,26)27)22(34)29-20(19)14-6-8-16(24)9-7-14/h3-11,20H,1-2H3,(H,29,34)(H,28,30,32). The van der Waals surface area contributed by atoms with Crippen LogP contribution in [0.5, 0.6) is 0 Å². The predicted molar refractivity (Wildman–Crippen MR) is 121 cm³/mol. The molecule has 0 radical (unpaired) electrons. The van der Waals surface area contributed by atoms with E-state index in [0.717, 1.165) is 12.1 Å². The number of hydrogen-bond donors (Lipinski definition) is 2. The molecule has 1 atom stereocenters. The zero-order chi connectivity index (χ0) is 24.6. The Hall–Kier alpha value is -3.73. The molecule has 1 amide bonds. The van der Waals surface area contributed by atoms with Crippen molar-refractivity contribution in [1.82, 2.24) is 10.5 Å². The number of carbonyl (C=O) groups excluding carboxylic acids is 1. The molecular formula is C23H18F4N4O2S. The van der Waals surface area contributed by atoms with Gasteiger partial charge in [-0.15, -0.1) is 0 Å². The number of nitrogens with one attached hydrogen (secondary N) is 2. The summed E-state index contributed by atoms with van der Waals surface area (Å²) in [6.07, 6.45) is -4.56. The summed E-state index contributed by atoms with van der Waals surface area (Å²) in [7, 11) is 0. The van der Waals surface area contributed by atoms with Crippen LogP contribution in [0.2, 0.25) is 0 Å². The summed E-state index contributed by atoms with van der Waals surface area (Å²) in [5.41, 5.74) is 0.275. The van der Waals surface area contributed by atoms with Crippen LogP contribution >= 0.6 is 12.2 Å². The van der Waals surface area contributed by atoms with Gasteiger partial charge in [0, 0.05) is 17.5 Å². The van der Waals surface area contributed by atoms with Crippen LogP contribution in [0.3, 0.4) is 0 Å². The first-order valence-corrected chi connectivity index (χ1v) is 10.4. The van der Waals surface area contributed by atoms with Crippen LogP contribution in [0.25, 0.3) is 0 Å². The van der Waals surface area contributed by atoms with Gasteiger partial charge in [-0.2, -0.15) is 13.2 Å². The molecule has 1 aliphatic heterocycles. The molecule has 176 valence electrons. The molecule has 0 aliphatic carbocycles. The molecule has 11 heteroatoms. The number of amides is 1. The van der Waals surface area contributed by atoms with Crippen molar-refractivity contribution in [1.29, 1.82) is 0 Å². The highest BCUT2D eigenvalue weighted by Crippen LogP contribution is 2.37. The van der Waals surface area contributed by atoms with E-state index in [2.05, 4.69) is 15.8 Å². The van der Waals surface area contributed by atoms with Gasteiger partial charge in [-0.05, 0) is 62.0 Å². The molecule has 0 spiro atoms. The Balaban J connectivity index is 1.82. The van der Waals surface area contributed by atoms with Gasteiger partial charge in [0.15, 0.2) is 10.9 Å². The lowest BCUT2D eigenvalue weighted by atomic mass is 9.94. The Morgan fingerprint density at radius 3 is 2.47 bits per heavy atom. The normalized spacial score (nSPS) is 16.5. The molecule has 1 aromatic heterocycles. The zero-order valence-electron chi connectivity index (χ0n) is 17.9. The number of alkyl halides is 3. The van der Waals surface area contributed by atoms with Crippen LogP contribution in [-0.4, -0.2) is 16.2 Å². The maximum Gasteiger partial charge on any atom is 0.416 e. The number of rotatable bonds is 4. The Bertz CT molecular complexity index is 1280. The quantitative estimate of drug-likeness (QED) is 0.372. The van der Waals surface area contributed by atoms with E-state index in [4.69, 9.17) is 16.7 Å². The summed E-state index contributed by atoms with van der Waals surface area (Å²) in [6.45, 7) is 3.23. The molecule has 34 heavy (non-hydrogen) atoms. The Morgan fingerprint density at radius 2 is 1.85 bits per heavy atom. The second-order valence-corrected chi connectivity index (χ2v) is 7.98. The molecule has 0 saturated heterocycles. The number of benzene rings is 2. The monoisotopic (exact) mass is 490 g/mol. The fourth-order valence-corrected chi connectivity index (χ4v) is 4.04. The first kappa shape index (κ1) is 23.4. The maximum absolute atomic E-state index is 13.5. The fourth-order valence-electron chi connectivity index (χ4n) is 3.68. The summed E-state index contributed by atoms with van der Waals surface area (Å²) in [5, 5.41) is 9.47. The molecule has 1 aliphatic rings. The van der Waals surface area contributed by atoms with Crippen LogP contribution in [-0.2, 0) is 11.0 Å². The van der Waals surface area contributed by atoms with Crippen LogP contribution < -0.4 is 15.5 Å².